The summed E-state index contributed by atoms with van der Waals surface area (Å²) in [6, 6.07) is 11.2. The molecule has 166 valence electrons. The first-order chi connectivity index (χ1) is 15.3. The molecule has 1 N–H and O–H groups in total. The molecule has 0 aromatic heterocycles. The first-order valence-electron chi connectivity index (χ1n) is 10.2. The van der Waals surface area contributed by atoms with Gasteiger partial charge in [-0.15, -0.1) is 0 Å². The summed E-state index contributed by atoms with van der Waals surface area (Å²) in [5.41, 5.74) is 1.21. The maximum atomic E-state index is 12.9. The average Bonchev–Trinajstić information content (AvgIpc) is 2.98. The van der Waals surface area contributed by atoms with Crippen molar-refractivity contribution in [3.8, 4) is 0 Å². The van der Waals surface area contributed by atoms with Crippen molar-refractivity contribution in [3.63, 3.8) is 0 Å². The number of hydrogen-bond donors (Lipinski definition) is 1. The monoisotopic (exact) mass is 491 g/mol. The number of imide groups is 1. The molecule has 0 radical (unpaired) electrons. The standard InChI is InChI=1S/C23H20Cl3N3O3/c1-13-8-10-28(11-9-13)21(30)14-2-5-16(6-3-14)27-20-19(26)22(31)29(23(20)32)18-7-4-15(24)12-17(18)25/h2-7,12-13,27H,8-11H2,1H3. The molecule has 2 aromatic rings. The van der Waals surface area contributed by atoms with E-state index in [4.69, 9.17) is 34.8 Å². The van der Waals surface area contributed by atoms with Crippen LogP contribution in [0.25, 0.3) is 0 Å². The summed E-state index contributed by atoms with van der Waals surface area (Å²) in [6.45, 7) is 3.70. The number of hydrogen-bond acceptors (Lipinski definition) is 4. The Kier molecular flexibility index (Phi) is 6.47. The van der Waals surface area contributed by atoms with E-state index in [0.29, 0.717) is 22.2 Å². The van der Waals surface area contributed by atoms with Crippen LogP contribution in [0.2, 0.25) is 10.0 Å². The van der Waals surface area contributed by atoms with Crippen LogP contribution in [0.5, 0.6) is 0 Å². The number of anilines is 2. The van der Waals surface area contributed by atoms with Gasteiger partial charge < -0.3 is 10.2 Å². The Hall–Kier alpha value is -2.54. The lowest BCUT2D eigenvalue weighted by atomic mass is 9.98. The van der Waals surface area contributed by atoms with E-state index >= 15 is 0 Å². The van der Waals surface area contributed by atoms with Crippen LogP contribution in [0.1, 0.15) is 30.1 Å². The van der Waals surface area contributed by atoms with Crippen molar-refractivity contribution < 1.29 is 14.4 Å². The van der Waals surface area contributed by atoms with E-state index in [9.17, 15) is 14.4 Å². The summed E-state index contributed by atoms with van der Waals surface area (Å²) in [5.74, 6) is -0.699. The van der Waals surface area contributed by atoms with Crippen LogP contribution in [-0.4, -0.2) is 35.7 Å². The summed E-state index contributed by atoms with van der Waals surface area (Å²) in [6.07, 6.45) is 2.00. The highest BCUT2D eigenvalue weighted by atomic mass is 35.5. The van der Waals surface area contributed by atoms with Crippen LogP contribution in [-0.2, 0) is 9.59 Å². The Morgan fingerprint density at radius 3 is 2.25 bits per heavy atom. The number of halogens is 3. The van der Waals surface area contributed by atoms with Crippen molar-refractivity contribution >= 4 is 63.9 Å². The summed E-state index contributed by atoms with van der Waals surface area (Å²) in [5, 5.41) is 3.18. The van der Waals surface area contributed by atoms with Crippen molar-refractivity contribution in [2.45, 2.75) is 19.8 Å². The Morgan fingerprint density at radius 2 is 1.62 bits per heavy atom. The van der Waals surface area contributed by atoms with E-state index in [1.54, 1.807) is 24.3 Å². The van der Waals surface area contributed by atoms with Gasteiger partial charge >= 0.3 is 0 Å². The molecule has 0 atom stereocenters. The van der Waals surface area contributed by atoms with Gasteiger partial charge in [-0.1, -0.05) is 41.7 Å². The molecule has 0 unspecified atom stereocenters. The Balaban J connectivity index is 1.49. The summed E-state index contributed by atoms with van der Waals surface area (Å²) < 4.78 is 0. The molecule has 0 bridgehead atoms. The molecular formula is C23H20Cl3N3O3. The molecule has 1 fully saturated rings. The second-order valence-electron chi connectivity index (χ2n) is 7.91. The minimum atomic E-state index is -0.686. The van der Waals surface area contributed by atoms with Crippen molar-refractivity contribution in [2.75, 3.05) is 23.3 Å². The lowest BCUT2D eigenvalue weighted by molar-refractivity contribution is -0.120. The molecular weight excluding hydrogens is 473 g/mol. The number of nitrogens with one attached hydrogen (secondary N) is 1. The third-order valence-corrected chi connectivity index (χ3v) is 6.54. The molecule has 2 aromatic carbocycles. The number of nitrogens with zero attached hydrogens (tertiary/aromatic N) is 2. The smallest absolute Gasteiger partial charge is 0.283 e. The van der Waals surface area contributed by atoms with E-state index in [1.807, 2.05) is 4.90 Å². The molecule has 32 heavy (non-hydrogen) atoms. The zero-order chi connectivity index (χ0) is 23.0. The van der Waals surface area contributed by atoms with E-state index in [2.05, 4.69) is 12.2 Å². The number of carbonyl (C=O) groups is 3. The number of amides is 3. The normalized spacial score (nSPS) is 17.4. The fourth-order valence-electron chi connectivity index (χ4n) is 3.73. The van der Waals surface area contributed by atoms with Crippen LogP contribution in [0.4, 0.5) is 11.4 Å². The summed E-state index contributed by atoms with van der Waals surface area (Å²) >= 11 is 18.2. The predicted molar refractivity (Wildman–Crippen MR) is 126 cm³/mol. The number of likely N-dealkylation sites (tertiary alicyclic amines) is 1. The van der Waals surface area contributed by atoms with Gasteiger partial charge in [0.1, 0.15) is 10.7 Å². The van der Waals surface area contributed by atoms with Gasteiger partial charge in [-0.3, -0.25) is 14.4 Å². The van der Waals surface area contributed by atoms with Gasteiger partial charge in [0.2, 0.25) is 0 Å². The molecule has 9 heteroatoms. The lowest BCUT2D eigenvalue weighted by Crippen LogP contribution is -2.37. The minimum absolute atomic E-state index is 0.0172. The van der Waals surface area contributed by atoms with Crippen LogP contribution in [0.15, 0.2) is 53.2 Å². The molecule has 2 aliphatic rings. The van der Waals surface area contributed by atoms with Gasteiger partial charge in [-0.2, -0.15) is 0 Å². The molecule has 1 saturated heterocycles. The van der Waals surface area contributed by atoms with Crippen molar-refractivity contribution in [1.82, 2.24) is 4.90 Å². The lowest BCUT2D eigenvalue weighted by Gasteiger charge is -2.30. The quantitative estimate of drug-likeness (QED) is 0.588. The summed E-state index contributed by atoms with van der Waals surface area (Å²) in [4.78, 5) is 41.0. The molecule has 2 heterocycles. The molecule has 3 amide bonds. The zero-order valence-corrected chi connectivity index (χ0v) is 19.5. The van der Waals surface area contributed by atoms with Crippen molar-refractivity contribution in [3.05, 3.63) is 68.8 Å². The molecule has 4 rings (SSSR count). The average molecular weight is 493 g/mol. The second-order valence-corrected chi connectivity index (χ2v) is 9.13. The Labute approximate surface area is 200 Å². The fraction of sp³-hybridized carbons (Fsp3) is 0.261. The first-order valence-corrected chi connectivity index (χ1v) is 11.3. The maximum Gasteiger partial charge on any atom is 0.283 e. The molecule has 0 saturated carbocycles. The topological polar surface area (TPSA) is 69.7 Å². The molecule has 2 aliphatic heterocycles. The number of benzene rings is 2. The number of piperidine rings is 1. The summed E-state index contributed by atoms with van der Waals surface area (Å²) in [7, 11) is 0. The molecule has 0 aliphatic carbocycles. The van der Waals surface area contributed by atoms with Crippen LogP contribution < -0.4 is 10.2 Å². The Bertz CT molecular complexity index is 1120. The second kappa shape index (κ2) is 9.14. The third kappa shape index (κ3) is 4.35. The largest absolute Gasteiger partial charge is 0.350 e. The SMILES string of the molecule is CC1CCN(C(=O)c2ccc(NC3=C(Cl)C(=O)N(c4ccc(Cl)cc4Cl)C3=O)cc2)CC1. The van der Waals surface area contributed by atoms with Gasteiger partial charge in [0, 0.05) is 29.4 Å². The molecule has 6 nitrogen and oxygen atoms in total. The van der Waals surface area contributed by atoms with E-state index in [0.717, 1.165) is 30.8 Å². The predicted octanol–water partition coefficient (Wildman–Crippen LogP) is 5.30. The number of rotatable bonds is 4. The van der Waals surface area contributed by atoms with E-state index in [-0.39, 0.29) is 27.3 Å². The van der Waals surface area contributed by atoms with Crippen molar-refractivity contribution in [1.29, 1.82) is 0 Å². The van der Waals surface area contributed by atoms with E-state index in [1.165, 1.54) is 18.2 Å². The van der Waals surface area contributed by atoms with Crippen molar-refractivity contribution in [2.24, 2.45) is 5.92 Å². The van der Waals surface area contributed by atoms with Gasteiger partial charge in [-0.05, 0) is 61.2 Å². The zero-order valence-electron chi connectivity index (χ0n) is 17.2. The highest BCUT2D eigenvalue weighted by Gasteiger charge is 2.39. The first kappa shape index (κ1) is 22.6. The third-order valence-electron chi connectivity index (χ3n) is 5.65. The van der Waals surface area contributed by atoms with Crippen LogP contribution >= 0.6 is 34.8 Å². The molecule has 0 spiro atoms. The highest BCUT2D eigenvalue weighted by molar-refractivity contribution is 6.53. The van der Waals surface area contributed by atoms with Gasteiger partial charge in [0.15, 0.2) is 0 Å². The highest BCUT2D eigenvalue weighted by Crippen LogP contribution is 2.35. The minimum Gasteiger partial charge on any atom is -0.350 e. The Morgan fingerprint density at radius 1 is 0.969 bits per heavy atom. The maximum absolute atomic E-state index is 12.9. The van der Waals surface area contributed by atoms with Crippen LogP contribution in [0.3, 0.4) is 0 Å². The number of carbonyl (C=O) groups excluding carboxylic acids is 3. The van der Waals surface area contributed by atoms with Crippen LogP contribution in [0, 0.1) is 5.92 Å². The van der Waals surface area contributed by atoms with Gasteiger partial charge in [0.25, 0.3) is 17.7 Å². The fourth-order valence-corrected chi connectivity index (χ4v) is 4.43. The van der Waals surface area contributed by atoms with E-state index < -0.39 is 11.8 Å². The van der Waals surface area contributed by atoms with Gasteiger partial charge in [0.05, 0.1) is 10.7 Å². The van der Waals surface area contributed by atoms with Gasteiger partial charge in [-0.25, -0.2) is 4.90 Å².